The highest BCUT2D eigenvalue weighted by atomic mass is 35.5. The molecule has 1 aromatic rings. The minimum Gasteiger partial charge on any atom is -0.378 e. The summed E-state index contributed by atoms with van der Waals surface area (Å²) in [6, 6.07) is 1.90. The van der Waals surface area contributed by atoms with E-state index in [0.29, 0.717) is 17.2 Å². The monoisotopic (exact) mass is 238 g/mol. The second-order valence-corrected chi connectivity index (χ2v) is 5.03. The molecule has 0 bridgehead atoms. The van der Waals surface area contributed by atoms with Crippen molar-refractivity contribution in [1.29, 1.82) is 0 Å². The number of ether oxygens (including phenoxy) is 1. The molecule has 1 aromatic heterocycles. The van der Waals surface area contributed by atoms with E-state index < -0.39 is 0 Å². The van der Waals surface area contributed by atoms with Crippen LogP contribution in [0.5, 0.6) is 0 Å². The van der Waals surface area contributed by atoms with Gasteiger partial charge in [-0.1, -0.05) is 11.6 Å². The molecule has 1 aliphatic heterocycles. The number of aromatic nitrogens is 2. The minimum absolute atomic E-state index is 0.297. The first-order valence-corrected chi connectivity index (χ1v) is 6.34. The molecular weight excluding hydrogens is 224 g/mol. The lowest BCUT2D eigenvalue weighted by Gasteiger charge is -2.09. The Kier molecular flexibility index (Phi) is 2.82. The number of hydrogen-bond donors (Lipinski definition) is 0. The van der Waals surface area contributed by atoms with Crippen LogP contribution in [0.4, 0.5) is 0 Å². The summed E-state index contributed by atoms with van der Waals surface area (Å²) in [6.45, 7) is 0.876. The highest BCUT2D eigenvalue weighted by molar-refractivity contribution is 6.29. The first-order chi connectivity index (χ1) is 7.81. The van der Waals surface area contributed by atoms with Crippen LogP contribution in [0.2, 0.25) is 5.15 Å². The molecule has 1 aliphatic carbocycles. The molecule has 0 N–H and O–H groups in total. The highest BCUT2D eigenvalue weighted by Gasteiger charge is 2.26. The van der Waals surface area contributed by atoms with Gasteiger partial charge in [0, 0.05) is 24.6 Å². The van der Waals surface area contributed by atoms with Crippen LogP contribution >= 0.6 is 11.6 Å². The Morgan fingerprint density at radius 3 is 2.88 bits per heavy atom. The van der Waals surface area contributed by atoms with E-state index in [2.05, 4.69) is 9.97 Å². The Balaban J connectivity index is 1.76. The van der Waals surface area contributed by atoms with Gasteiger partial charge >= 0.3 is 0 Å². The van der Waals surface area contributed by atoms with E-state index in [0.717, 1.165) is 37.4 Å². The van der Waals surface area contributed by atoms with Crippen molar-refractivity contribution in [1.82, 2.24) is 9.97 Å². The van der Waals surface area contributed by atoms with Gasteiger partial charge in [-0.3, -0.25) is 0 Å². The van der Waals surface area contributed by atoms with Crippen molar-refractivity contribution >= 4 is 11.6 Å². The van der Waals surface area contributed by atoms with Gasteiger partial charge in [0.15, 0.2) is 0 Å². The fraction of sp³-hybridized carbons (Fsp3) is 0.667. The van der Waals surface area contributed by atoms with Gasteiger partial charge in [0.25, 0.3) is 0 Å². The predicted octanol–water partition coefficient (Wildman–Crippen LogP) is 2.73. The molecule has 86 valence electrons. The van der Waals surface area contributed by atoms with E-state index in [9.17, 15) is 0 Å². The van der Waals surface area contributed by atoms with E-state index >= 15 is 0 Å². The average Bonchev–Trinajstić information content (AvgIpc) is 2.98. The quantitative estimate of drug-likeness (QED) is 0.760. The molecule has 16 heavy (non-hydrogen) atoms. The molecule has 4 heteroatoms. The van der Waals surface area contributed by atoms with Crippen LogP contribution in [0.15, 0.2) is 6.07 Å². The van der Waals surface area contributed by atoms with E-state index in [-0.39, 0.29) is 0 Å². The van der Waals surface area contributed by atoms with Crippen LogP contribution in [0.1, 0.15) is 43.1 Å². The lowest BCUT2D eigenvalue weighted by atomic mass is 10.1. The maximum Gasteiger partial charge on any atom is 0.133 e. The average molecular weight is 239 g/mol. The van der Waals surface area contributed by atoms with E-state index in [1.165, 1.54) is 12.8 Å². The van der Waals surface area contributed by atoms with E-state index in [1.807, 2.05) is 6.07 Å². The normalized spacial score (nSPS) is 24.9. The molecule has 1 unspecified atom stereocenters. The van der Waals surface area contributed by atoms with Crippen LogP contribution in [-0.2, 0) is 11.2 Å². The minimum atomic E-state index is 0.297. The Hall–Kier alpha value is -0.670. The summed E-state index contributed by atoms with van der Waals surface area (Å²) < 4.78 is 5.59. The molecule has 1 saturated carbocycles. The summed E-state index contributed by atoms with van der Waals surface area (Å²) >= 11 is 6.02. The molecule has 1 atom stereocenters. The third-order valence-electron chi connectivity index (χ3n) is 3.19. The van der Waals surface area contributed by atoms with Crippen LogP contribution in [0.25, 0.3) is 0 Å². The molecule has 2 heterocycles. The van der Waals surface area contributed by atoms with Gasteiger partial charge in [0.1, 0.15) is 11.0 Å². The van der Waals surface area contributed by atoms with Crippen molar-refractivity contribution in [3.8, 4) is 0 Å². The Morgan fingerprint density at radius 1 is 1.31 bits per heavy atom. The van der Waals surface area contributed by atoms with Gasteiger partial charge in [0.05, 0.1) is 6.10 Å². The molecule has 0 radical (unpaired) electrons. The highest BCUT2D eigenvalue weighted by Crippen LogP contribution is 2.39. The zero-order valence-electron chi connectivity index (χ0n) is 9.16. The standard InChI is InChI=1S/C12H15ClN2O/c13-11-7-10(8-3-4-8)14-12(15-11)6-9-2-1-5-16-9/h7-9H,1-6H2. The van der Waals surface area contributed by atoms with Gasteiger partial charge in [-0.2, -0.15) is 0 Å². The van der Waals surface area contributed by atoms with E-state index in [1.54, 1.807) is 0 Å². The number of rotatable bonds is 3. The zero-order valence-corrected chi connectivity index (χ0v) is 9.91. The molecule has 3 rings (SSSR count). The number of halogens is 1. The second-order valence-electron chi connectivity index (χ2n) is 4.65. The molecule has 0 spiro atoms. The summed E-state index contributed by atoms with van der Waals surface area (Å²) in [5, 5.41) is 0.574. The van der Waals surface area contributed by atoms with Crippen LogP contribution in [-0.4, -0.2) is 22.7 Å². The van der Waals surface area contributed by atoms with Gasteiger partial charge in [-0.25, -0.2) is 9.97 Å². The third-order valence-corrected chi connectivity index (χ3v) is 3.38. The summed E-state index contributed by atoms with van der Waals surface area (Å²) in [4.78, 5) is 8.87. The van der Waals surface area contributed by atoms with E-state index in [4.69, 9.17) is 16.3 Å². The predicted molar refractivity (Wildman–Crippen MR) is 61.7 cm³/mol. The van der Waals surface area contributed by atoms with Gasteiger partial charge in [0.2, 0.25) is 0 Å². The maximum atomic E-state index is 6.02. The molecule has 1 saturated heterocycles. The second kappa shape index (κ2) is 4.30. The van der Waals surface area contributed by atoms with Gasteiger partial charge in [-0.15, -0.1) is 0 Å². The topological polar surface area (TPSA) is 35.0 Å². The Bertz CT molecular complexity index is 387. The van der Waals surface area contributed by atoms with Crippen molar-refractivity contribution in [3.63, 3.8) is 0 Å². The summed E-state index contributed by atoms with van der Waals surface area (Å²) in [5.74, 6) is 1.48. The van der Waals surface area contributed by atoms with Crippen molar-refractivity contribution in [2.45, 2.75) is 44.1 Å². The summed E-state index contributed by atoms with van der Waals surface area (Å²) in [5.41, 5.74) is 1.12. The largest absolute Gasteiger partial charge is 0.378 e. The lowest BCUT2D eigenvalue weighted by Crippen LogP contribution is -2.12. The van der Waals surface area contributed by atoms with Crippen LogP contribution < -0.4 is 0 Å². The Labute approximate surface area is 100 Å². The molecule has 0 amide bonds. The SMILES string of the molecule is Clc1cc(C2CC2)nc(CC2CCCO2)n1. The summed E-state index contributed by atoms with van der Waals surface area (Å²) in [7, 11) is 0. The molecular formula is C12H15ClN2O. The first-order valence-electron chi connectivity index (χ1n) is 5.96. The fourth-order valence-corrected chi connectivity index (χ4v) is 2.38. The van der Waals surface area contributed by atoms with Crippen molar-refractivity contribution in [2.24, 2.45) is 0 Å². The first kappa shape index (κ1) is 10.5. The number of nitrogens with zero attached hydrogens (tertiary/aromatic N) is 2. The maximum absolute atomic E-state index is 6.02. The van der Waals surface area contributed by atoms with Crippen LogP contribution in [0.3, 0.4) is 0 Å². The molecule has 3 nitrogen and oxygen atoms in total. The van der Waals surface area contributed by atoms with Gasteiger partial charge in [-0.05, 0) is 31.7 Å². The molecule has 0 aromatic carbocycles. The molecule has 2 aliphatic rings. The third kappa shape index (κ3) is 2.36. The van der Waals surface area contributed by atoms with Crippen molar-refractivity contribution in [3.05, 3.63) is 22.7 Å². The Morgan fingerprint density at radius 2 is 2.19 bits per heavy atom. The smallest absolute Gasteiger partial charge is 0.133 e. The fourth-order valence-electron chi connectivity index (χ4n) is 2.17. The number of hydrogen-bond acceptors (Lipinski definition) is 3. The van der Waals surface area contributed by atoms with Crippen molar-refractivity contribution < 1.29 is 4.74 Å². The summed E-state index contributed by atoms with van der Waals surface area (Å²) in [6.07, 6.45) is 5.86. The molecule has 2 fully saturated rings. The van der Waals surface area contributed by atoms with Crippen LogP contribution in [0, 0.1) is 0 Å². The van der Waals surface area contributed by atoms with Gasteiger partial charge < -0.3 is 4.74 Å². The zero-order chi connectivity index (χ0) is 11.0. The van der Waals surface area contributed by atoms with Crippen molar-refractivity contribution in [2.75, 3.05) is 6.61 Å². The lowest BCUT2D eigenvalue weighted by molar-refractivity contribution is 0.110.